The lowest BCUT2D eigenvalue weighted by Gasteiger charge is -2.58. The Balaban J connectivity index is 1.67. The highest BCUT2D eigenvalue weighted by atomic mass is 79.9. The van der Waals surface area contributed by atoms with Crippen LogP contribution >= 0.6 is 15.9 Å². The van der Waals surface area contributed by atoms with Crippen LogP contribution in [0.4, 0.5) is 0 Å². The predicted octanol–water partition coefficient (Wildman–Crippen LogP) is 7.43. The number of carbonyl (C=O) groups excluding carboxylic acids is 2. The van der Waals surface area contributed by atoms with Gasteiger partial charge in [0.1, 0.15) is 6.10 Å². The molecule has 0 aliphatic heterocycles. The Morgan fingerprint density at radius 3 is 1.95 bits per heavy atom. The van der Waals surface area contributed by atoms with Gasteiger partial charge in [-0.05, 0) is 47.7 Å². The van der Waals surface area contributed by atoms with Gasteiger partial charge in [-0.2, -0.15) is 0 Å². The molecule has 3 aromatic carbocycles. The van der Waals surface area contributed by atoms with E-state index in [1.165, 1.54) is 0 Å². The number of rotatable bonds is 5. The van der Waals surface area contributed by atoms with Gasteiger partial charge in [0.05, 0.1) is 15.5 Å². The van der Waals surface area contributed by atoms with Crippen molar-refractivity contribution in [1.82, 2.24) is 0 Å². The molecule has 5 rings (SSSR count). The zero-order chi connectivity index (χ0) is 26.9. The van der Waals surface area contributed by atoms with E-state index in [1.54, 1.807) is 24.3 Å². The molecule has 5 heteroatoms. The summed E-state index contributed by atoms with van der Waals surface area (Å²) >= 11 is 4.16. The number of benzene rings is 3. The topological polar surface area (TPSA) is 52.6 Å². The molecule has 2 aliphatic rings. The van der Waals surface area contributed by atoms with Crippen LogP contribution in [0.3, 0.4) is 0 Å². The summed E-state index contributed by atoms with van der Waals surface area (Å²) in [6.07, 6.45) is 6.91. The quantitative estimate of drug-likeness (QED) is 0.236. The summed E-state index contributed by atoms with van der Waals surface area (Å²) in [5, 5.41) is 0. The number of alkyl halides is 1. The second-order valence-corrected chi connectivity index (χ2v) is 11.7. The standard InChI is InChI=1S/C33H31BrO4/c1-22-14-10-11-19-26(22)33(34)27-20-12-13-21-32(27,3)23(2)28(37-30(35)24-15-6-4-7-16-24)29(33)38-31(36)25-17-8-5-9-18-25/h4-21,23,27-29H,1-3H3. The third kappa shape index (κ3) is 4.43. The van der Waals surface area contributed by atoms with Crippen molar-refractivity contribution >= 4 is 27.9 Å². The first kappa shape index (κ1) is 26.2. The maximum Gasteiger partial charge on any atom is 0.338 e. The maximum absolute atomic E-state index is 13.5. The van der Waals surface area contributed by atoms with E-state index in [-0.39, 0.29) is 11.8 Å². The largest absolute Gasteiger partial charge is 0.454 e. The smallest absolute Gasteiger partial charge is 0.338 e. The van der Waals surface area contributed by atoms with E-state index in [4.69, 9.17) is 9.47 Å². The van der Waals surface area contributed by atoms with Crippen LogP contribution < -0.4 is 0 Å². The molecule has 0 amide bonds. The van der Waals surface area contributed by atoms with Crippen LogP contribution in [0.2, 0.25) is 0 Å². The fourth-order valence-electron chi connectivity index (χ4n) is 5.97. The van der Waals surface area contributed by atoms with Gasteiger partial charge in [0.15, 0.2) is 6.10 Å². The second-order valence-electron chi connectivity index (χ2n) is 10.4. The van der Waals surface area contributed by atoms with E-state index in [9.17, 15) is 9.59 Å². The minimum Gasteiger partial charge on any atom is -0.454 e. The monoisotopic (exact) mass is 570 g/mol. The third-order valence-electron chi connectivity index (χ3n) is 8.23. The molecule has 0 radical (unpaired) electrons. The van der Waals surface area contributed by atoms with Gasteiger partial charge in [0.2, 0.25) is 0 Å². The number of halogens is 1. The Hall–Kier alpha value is -3.44. The van der Waals surface area contributed by atoms with Crippen LogP contribution in [0.1, 0.15) is 45.7 Å². The molecule has 2 aliphatic carbocycles. The predicted molar refractivity (Wildman–Crippen MR) is 152 cm³/mol. The third-order valence-corrected chi connectivity index (χ3v) is 9.60. The average molecular weight is 572 g/mol. The van der Waals surface area contributed by atoms with Crippen LogP contribution in [0.15, 0.2) is 109 Å². The van der Waals surface area contributed by atoms with Gasteiger partial charge < -0.3 is 9.47 Å². The summed E-state index contributed by atoms with van der Waals surface area (Å²) in [4.78, 5) is 27.0. The molecule has 0 spiro atoms. The zero-order valence-electron chi connectivity index (χ0n) is 21.7. The van der Waals surface area contributed by atoms with Crippen molar-refractivity contribution in [2.45, 2.75) is 37.3 Å². The average Bonchev–Trinajstić information content (AvgIpc) is 2.94. The van der Waals surface area contributed by atoms with E-state index < -0.39 is 33.9 Å². The minimum atomic E-state index is -0.868. The molecule has 4 nitrogen and oxygen atoms in total. The molecule has 6 unspecified atom stereocenters. The molecule has 194 valence electrons. The Kier molecular flexibility index (Phi) is 7.15. The van der Waals surface area contributed by atoms with Crippen LogP contribution in [-0.2, 0) is 13.8 Å². The lowest BCUT2D eigenvalue weighted by Crippen LogP contribution is -2.64. The lowest BCUT2D eigenvalue weighted by molar-refractivity contribution is -0.128. The highest BCUT2D eigenvalue weighted by Gasteiger charge is 2.64. The normalized spacial score (nSPS) is 29.8. The van der Waals surface area contributed by atoms with E-state index in [0.717, 1.165) is 11.1 Å². The van der Waals surface area contributed by atoms with Crippen molar-refractivity contribution in [2.24, 2.45) is 17.3 Å². The van der Waals surface area contributed by atoms with Crippen LogP contribution in [0.25, 0.3) is 0 Å². The van der Waals surface area contributed by atoms with Crippen molar-refractivity contribution < 1.29 is 19.1 Å². The van der Waals surface area contributed by atoms with E-state index in [0.29, 0.717) is 11.1 Å². The molecule has 0 aromatic heterocycles. The SMILES string of the molecule is Cc1ccccc1C1(Br)C(OC(=O)c2ccccc2)C(OC(=O)c2ccccc2)C(C)C2(C)C=CC=CC21. The number of fused-ring (bicyclic) bond motifs is 1. The zero-order valence-corrected chi connectivity index (χ0v) is 23.3. The fourth-order valence-corrected chi connectivity index (χ4v) is 7.42. The van der Waals surface area contributed by atoms with Crippen molar-refractivity contribution in [3.05, 3.63) is 131 Å². The number of hydrogen-bond donors (Lipinski definition) is 0. The second kappa shape index (κ2) is 10.4. The molecule has 1 saturated carbocycles. The summed E-state index contributed by atoms with van der Waals surface area (Å²) in [6, 6.07) is 26.0. The molecule has 0 heterocycles. The maximum atomic E-state index is 13.5. The van der Waals surface area contributed by atoms with Gasteiger partial charge in [0.25, 0.3) is 0 Å². The Morgan fingerprint density at radius 1 is 0.789 bits per heavy atom. The number of hydrogen-bond acceptors (Lipinski definition) is 4. The van der Waals surface area contributed by atoms with Crippen molar-refractivity contribution in [2.75, 3.05) is 0 Å². The first-order valence-electron chi connectivity index (χ1n) is 12.9. The summed E-state index contributed by atoms with van der Waals surface area (Å²) in [5.74, 6) is -1.15. The van der Waals surface area contributed by atoms with Gasteiger partial charge >= 0.3 is 11.9 Å². The number of ether oxygens (including phenoxy) is 2. The first-order valence-corrected chi connectivity index (χ1v) is 13.7. The minimum absolute atomic E-state index is 0.0867. The van der Waals surface area contributed by atoms with E-state index >= 15 is 0 Å². The van der Waals surface area contributed by atoms with Gasteiger partial charge in [0, 0.05) is 11.8 Å². The van der Waals surface area contributed by atoms with E-state index in [1.807, 2.05) is 60.7 Å². The molecule has 1 fully saturated rings. The van der Waals surface area contributed by atoms with Gasteiger partial charge in [-0.3, -0.25) is 0 Å². The number of carbonyl (C=O) groups is 2. The van der Waals surface area contributed by atoms with Crippen LogP contribution in [0, 0.1) is 24.2 Å². The summed E-state index contributed by atoms with van der Waals surface area (Å²) in [5.41, 5.74) is 2.56. The molecule has 6 atom stereocenters. The Bertz CT molecular complexity index is 1380. The van der Waals surface area contributed by atoms with Gasteiger partial charge in [-0.1, -0.05) is 115 Å². The summed E-state index contributed by atoms with van der Waals surface area (Å²) in [7, 11) is 0. The molecule has 38 heavy (non-hydrogen) atoms. The van der Waals surface area contributed by atoms with E-state index in [2.05, 4.69) is 61.0 Å². The Labute approximate surface area is 232 Å². The first-order chi connectivity index (χ1) is 18.3. The molecular formula is C33H31BrO4. The van der Waals surface area contributed by atoms with Crippen LogP contribution in [-0.4, -0.2) is 24.1 Å². The molecule has 0 saturated heterocycles. The fraction of sp³-hybridized carbons (Fsp3) is 0.273. The van der Waals surface area contributed by atoms with Crippen molar-refractivity contribution in [1.29, 1.82) is 0 Å². The molecular weight excluding hydrogens is 540 g/mol. The van der Waals surface area contributed by atoms with Crippen molar-refractivity contribution in [3.63, 3.8) is 0 Å². The number of allylic oxidation sites excluding steroid dienone is 4. The lowest BCUT2D eigenvalue weighted by atomic mass is 9.53. The molecule has 3 aromatic rings. The Morgan fingerprint density at radius 2 is 1.34 bits per heavy atom. The number of aryl methyl sites for hydroxylation is 1. The highest BCUT2D eigenvalue weighted by molar-refractivity contribution is 9.09. The number of esters is 2. The highest BCUT2D eigenvalue weighted by Crippen LogP contribution is 2.62. The van der Waals surface area contributed by atoms with Gasteiger partial charge in [-0.15, -0.1) is 0 Å². The van der Waals surface area contributed by atoms with Crippen LogP contribution in [0.5, 0.6) is 0 Å². The summed E-state index contributed by atoms with van der Waals surface area (Å²) in [6.45, 7) is 6.32. The van der Waals surface area contributed by atoms with Crippen molar-refractivity contribution in [3.8, 4) is 0 Å². The molecule has 0 bridgehead atoms. The summed E-state index contributed by atoms with van der Waals surface area (Å²) < 4.78 is 11.8. The molecule has 0 N–H and O–H groups in total. The van der Waals surface area contributed by atoms with Gasteiger partial charge in [-0.25, -0.2) is 9.59 Å².